The number of rotatable bonds is 6. The Balaban J connectivity index is 3.45. The van der Waals surface area contributed by atoms with Gasteiger partial charge in [-0.1, -0.05) is 13.3 Å². The molecule has 0 heterocycles. The molecule has 0 saturated carbocycles. The fourth-order valence-electron chi connectivity index (χ4n) is 0.678. The Morgan fingerprint density at radius 2 is 2.46 bits per heavy atom. The fraction of sp³-hybridized carbons (Fsp3) is 0.750. The van der Waals surface area contributed by atoms with Crippen LogP contribution in [0.25, 0.3) is 0 Å². The average molecular weight is 185 g/mol. The predicted molar refractivity (Wildman–Crippen MR) is 47.2 cm³/mol. The summed E-state index contributed by atoms with van der Waals surface area (Å²) in [6.07, 6.45) is 0.929. The van der Waals surface area contributed by atoms with Gasteiger partial charge in [0.2, 0.25) is 5.91 Å². The smallest absolute Gasteiger partial charge is 0.237 e. The van der Waals surface area contributed by atoms with E-state index in [9.17, 15) is 4.79 Å². The van der Waals surface area contributed by atoms with Crippen LogP contribution in [0.3, 0.4) is 0 Å². The molecule has 74 valence electrons. The molecule has 0 aliphatic heterocycles. The predicted octanol–water partition coefficient (Wildman–Crippen LogP) is 0.0753. The van der Waals surface area contributed by atoms with Gasteiger partial charge in [0, 0.05) is 0 Å². The SMILES string of the molecule is CCCCOC(N)NC(=O)CC#N. The number of unbranched alkanes of at least 4 members (excludes halogenated alkanes) is 1. The molecule has 0 radical (unpaired) electrons. The van der Waals surface area contributed by atoms with Gasteiger partial charge in [-0.15, -0.1) is 0 Å². The van der Waals surface area contributed by atoms with Gasteiger partial charge in [-0.3, -0.25) is 10.5 Å². The molecule has 0 aromatic carbocycles. The molecule has 1 unspecified atom stereocenters. The summed E-state index contributed by atoms with van der Waals surface area (Å²) in [4.78, 5) is 10.8. The minimum Gasteiger partial charge on any atom is -0.345 e. The van der Waals surface area contributed by atoms with Gasteiger partial charge in [-0.05, 0) is 6.42 Å². The molecule has 1 amide bonds. The molecule has 0 rings (SSSR count). The number of hydrogen-bond acceptors (Lipinski definition) is 4. The number of amides is 1. The van der Waals surface area contributed by atoms with Crippen LogP contribution in [-0.2, 0) is 9.53 Å². The second-order valence-electron chi connectivity index (χ2n) is 2.55. The van der Waals surface area contributed by atoms with Crippen molar-refractivity contribution in [3.8, 4) is 6.07 Å². The normalized spacial score (nSPS) is 11.8. The highest BCUT2D eigenvalue weighted by Crippen LogP contribution is 1.89. The van der Waals surface area contributed by atoms with E-state index in [0.717, 1.165) is 12.8 Å². The molecule has 0 aromatic heterocycles. The lowest BCUT2D eigenvalue weighted by molar-refractivity contribution is -0.124. The largest absolute Gasteiger partial charge is 0.345 e. The van der Waals surface area contributed by atoms with Crippen molar-refractivity contribution in [3.05, 3.63) is 0 Å². The third-order valence-corrected chi connectivity index (χ3v) is 1.34. The zero-order valence-corrected chi connectivity index (χ0v) is 7.75. The Morgan fingerprint density at radius 3 is 3.00 bits per heavy atom. The van der Waals surface area contributed by atoms with Gasteiger partial charge in [-0.2, -0.15) is 5.26 Å². The number of nitrogens with two attached hydrogens (primary N) is 1. The topological polar surface area (TPSA) is 88.1 Å². The first-order valence-electron chi connectivity index (χ1n) is 4.24. The molecule has 0 fully saturated rings. The lowest BCUT2D eigenvalue weighted by Crippen LogP contribution is -2.43. The Bertz CT molecular complexity index is 188. The van der Waals surface area contributed by atoms with Gasteiger partial charge < -0.3 is 10.1 Å². The Kier molecular flexibility index (Phi) is 6.88. The first-order valence-corrected chi connectivity index (χ1v) is 4.24. The van der Waals surface area contributed by atoms with Crippen LogP contribution in [-0.4, -0.2) is 18.9 Å². The summed E-state index contributed by atoms with van der Waals surface area (Å²) in [5.41, 5.74) is 5.38. The van der Waals surface area contributed by atoms with Crippen molar-refractivity contribution in [1.29, 1.82) is 5.26 Å². The first kappa shape index (κ1) is 11.9. The molecule has 0 aliphatic carbocycles. The molecular weight excluding hydrogens is 170 g/mol. The average Bonchev–Trinajstić information content (AvgIpc) is 2.05. The van der Waals surface area contributed by atoms with Crippen LogP contribution >= 0.6 is 0 Å². The molecular formula is C8H15N3O2. The number of hydrogen-bond donors (Lipinski definition) is 2. The maximum absolute atomic E-state index is 10.8. The third kappa shape index (κ3) is 7.25. The minimum absolute atomic E-state index is 0.190. The lowest BCUT2D eigenvalue weighted by atomic mass is 10.4. The summed E-state index contributed by atoms with van der Waals surface area (Å²) >= 11 is 0. The summed E-state index contributed by atoms with van der Waals surface area (Å²) in [5, 5.41) is 10.5. The van der Waals surface area contributed by atoms with E-state index in [2.05, 4.69) is 5.32 Å². The Hall–Kier alpha value is -1.12. The molecule has 13 heavy (non-hydrogen) atoms. The highest BCUT2D eigenvalue weighted by molar-refractivity contribution is 5.78. The summed E-state index contributed by atoms with van der Waals surface area (Å²) in [6, 6.07) is 1.72. The second-order valence-corrected chi connectivity index (χ2v) is 2.55. The monoisotopic (exact) mass is 185 g/mol. The van der Waals surface area contributed by atoms with Crippen molar-refractivity contribution in [1.82, 2.24) is 5.32 Å². The summed E-state index contributed by atoms with van der Waals surface area (Å²) < 4.78 is 5.04. The van der Waals surface area contributed by atoms with Crippen molar-refractivity contribution in [2.75, 3.05) is 6.61 Å². The molecule has 0 aliphatic rings. The van der Waals surface area contributed by atoms with Crippen molar-refractivity contribution >= 4 is 5.91 Å². The van der Waals surface area contributed by atoms with E-state index in [1.54, 1.807) is 6.07 Å². The molecule has 1 atom stereocenters. The van der Waals surface area contributed by atoms with E-state index in [1.165, 1.54) is 0 Å². The third-order valence-electron chi connectivity index (χ3n) is 1.34. The highest BCUT2D eigenvalue weighted by Gasteiger charge is 2.05. The van der Waals surface area contributed by atoms with Crippen LogP contribution in [0.5, 0.6) is 0 Å². The van der Waals surface area contributed by atoms with Gasteiger partial charge in [0.05, 0.1) is 12.7 Å². The van der Waals surface area contributed by atoms with Crippen LogP contribution in [0, 0.1) is 11.3 Å². The van der Waals surface area contributed by atoms with Gasteiger partial charge >= 0.3 is 0 Å². The van der Waals surface area contributed by atoms with E-state index in [1.807, 2.05) is 6.92 Å². The zero-order valence-electron chi connectivity index (χ0n) is 7.75. The lowest BCUT2D eigenvalue weighted by Gasteiger charge is -2.13. The highest BCUT2D eigenvalue weighted by atomic mass is 16.5. The van der Waals surface area contributed by atoms with Crippen LogP contribution in [0.1, 0.15) is 26.2 Å². The summed E-state index contributed by atoms with van der Waals surface area (Å²) in [7, 11) is 0. The molecule has 0 aromatic rings. The summed E-state index contributed by atoms with van der Waals surface area (Å²) in [6.45, 7) is 2.55. The standard InChI is InChI=1S/C8H15N3O2/c1-2-3-6-13-8(10)11-7(12)4-5-9/h8H,2-4,6,10H2,1H3,(H,11,12). The zero-order chi connectivity index (χ0) is 10.1. The maximum Gasteiger partial charge on any atom is 0.237 e. The van der Waals surface area contributed by atoms with Gasteiger partial charge in [0.25, 0.3) is 0 Å². The molecule has 0 saturated heterocycles. The number of nitriles is 1. The second kappa shape index (κ2) is 7.53. The van der Waals surface area contributed by atoms with E-state index in [4.69, 9.17) is 15.7 Å². The first-order chi connectivity index (χ1) is 6.20. The summed E-state index contributed by atoms with van der Waals surface area (Å²) in [5.74, 6) is -0.411. The molecule has 0 spiro atoms. The van der Waals surface area contributed by atoms with E-state index < -0.39 is 12.3 Å². The molecule has 5 heteroatoms. The van der Waals surface area contributed by atoms with Crippen molar-refractivity contribution in [2.24, 2.45) is 5.73 Å². The number of nitrogens with zero attached hydrogens (tertiary/aromatic N) is 1. The van der Waals surface area contributed by atoms with Crippen LogP contribution in [0.15, 0.2) is 0 Å². The van der Waals surface area contributed by atoms with Gasteiger partial charge in [0.15, 0.2) is 6.35 Å². The molecule has 3 N–H and O–H groups in total. The number of ether oxygens (including phenoxy) is 1. The van der Waals surface area contributed by atoms with Crippen molar-refractivity contribution in [2.45, 2.75) is 32.5 Å². The van der Waals surface area contributed by atoms with Crippen molar-refractivity contribution in [3.63, 3.8) is 0 Å². The number of carbonyl (C=O) groups is 1. The quantitative estimate of drug-likeness (QED) is 0.453. The van der Waals surface area contributed by atoms with E-state index in [0.29, 0.717) is 6.61 Å². The molecule has 5 nitrogen and oxygen atoms in total. The Labute approximate surface area is 77.9 Å². The van der Waals surface area contributed by atoms with Crippen LogP contribution in [0.2, 0.25) is 0 Å². The van der Waals surface area contributed by atoms with E-state index >= 15 is 0 Å². The maximum atomic E-state index is 10.8. The number of carbonyl (C=O) groups excluding carboxylic acids is 1. The van der Waals surface area contributed by atoms with Crippen molar-refractivity contribution < 1.29 is 9.53 Å². The van der Waals surface area contributed by atoms with Gasteiger partial charge in [0.1, 0.15) is 6.42 Å². The van der Waals surface area contributed by atoms with Crippen LogP contribution in [0.4, 0.5) is 0 Å². The minimum atomic E-state index is -0.799. The van der Waals surface area contributed by atoms with Gasteiger partial charge in [-0.25, -0.2) is 0 Å². The Morgan fingerprint density at radius 1 is 1.77 bits per heavy atom. The van der Waals surface area contributed by atoms with Crippen LogP contribution < -0.4 is 11.1 Å². The number of nitrogens with one attached hydrogen (secondary N) is 1. The fourth-order valence-corrected chi connectivity index (χ4v) is 0.678. The molecule has 0 bridgehead atoms. The van der Waals surface area contributed by atoms with E-state index in [-0.39, 0.29) is 6.42 Å².